The maximum atomic E-state index is 12.5. The molecule has 0 aliphatic rings. The smallest absolute Gasteiger partial charge is 0.271 e. The number of aryl methyl sites for hydroxylation is 2. The zero-order valence-corrected chi connectivity index (χ0v) is 17.6. The monoisotopic (exact) mass is 423 g/mol. The summed E-state index contributed by atoms with van der Waals surface area (Å²) in [6.45, 7) is 4.10. The van der Waals surface area contributed by atoms with E-state index in [1.54, 1.807) is 17.4 Å². The molecule has 0 unspecified atom stereocenters. The number of pyridine rings is 1. The molecule has 9 nitrogen and oxygen atoms in total. The lowest BCUT2D eigenvalue weighted by Crippen LogP contribution is -2.26. The van der Waals surface area contributed by atoms with Crippen molar-refractivity contribution in [2.75, 3.05) is 11.9 Å². The predicted octanol–water partition coefficient (Wildman–Crippen LogP) is 3.79. The molecule has 31 heavy (non-hydrogen) atoms. The maximum Gasteiger partial charge on any atom is 0.271 e. The van der Waals surface area contributed by atoms with Crippen molar-refractivity contribution in [3.05, 3.63) is 69.7 Å². The van der Waals surface area contributed by atoms with E-state index in [1.807, 2.05) is 31.3 Å². The quantitative estimate of drug-likeness (QED) is 0.308. The number of nitrogens with one attached hydrogen (secondary N) is 2. The number of hydrogen-bond donors (Lipinski definition) is 2. The molecule has 2 aromatic heterocycles. The first-order valence-corrected chi connectivity index (χ1v) is 10.1. The van der Waals surface area contributed by atoms with Crippen LogP contribution in [0.4, 0.5) is 11.4 Å². The molecule has 1 aromatic carbocycles. The Hall–Kier alpha value is -3.75. The van der Waals surface area contributed by atoms with Crippen molar-refractivity contribution in [3.8, 4) is 0 Å². The molecule has 2 amide bonds. The Morgan fingerprint density at radius 1 is 1.13 bits per heavy atom. The average Bonchev–Trinajstić information content (AvgIpc) is 3.07. The molecular formula is C22H25N5O4. The number of rotatable bonds is 9. The van der Waals surface area contributed by atoms with Gasteiger partial charge in [0, 0.05) is 31.3 Å². The molecular weight excluding hydrogens is 398 g/mol. The van der Waals surface area contributed by atoms with Crippen LogP contribution in [0, 0.1) is 24.0 Å². The van der Waals surface area contributed by atoms with Gasteiger partial charge >= 0.3 is 0 Å². The van der Waals surface area contributed by atoms with Gasteiger partial charge in [0.2, 0.25) is 5.91 Å². The molecule has 0 saturated carbocycles. The van der Waals surface area contributed by atoms with E-state index in [0.717, 1.165) is 24.1 Å². The van der Waals surface area contributed by atoms with Gasteiger partial charge in [-0.2, -0.15) is 0 Å². The minimum atomic E-state index is -0.488. The van der Waals surface area contributed by atoms with Crippen LogP contribution in [0.2, 0.25) is 0 Å². The number of anilines is 1. The van der Waals surface area contributed by atoms with Crippen molar-refractivity contribution in [2.24, 2.45) is 0 Å². The third kappa shape index (κ3) is 5.44. The first kappa shape index (κ1) is 21.9. The van der Waals surface area contributed by atoms with Crippen LogP contribution in [0.3, 0.4) is 0 Å². The Balaban J connectivity index is 1.40. The first-order valence-electron chi connectivity index (χ1n) is 10.1. The molecule has 2 heterocycles. The minimum Gasteiger partial charge on any atom is -0.351 e. The second-order valence-electron chi connectivity index (χ2n) is 7.35. The predicted molar refractivity (Wildman–Crippen MR) is 117 cm³/mol. The van der Waals surface area contributed by atoms with Crippen molar-refractivity contribution in [2.45, 2.75) is 39.5 Å². The molecule has 0 atom stereocenters. The Labute approximate surface area is 179 Å². The molecule has 0 bridgehead atoms. The van der Waals surface area contributed by atoms with Crippen molar-refractivity contribution in [1.82, 2.24) is 14.7 Å². The van der Waals surface area contributed by atoms with Gasteiger partial charge in [0.1, 0.15) is 11.3 Å². The van der Waals surface area contributed by atoms with E-state index in [-0.39, 0.29) is 17.5 Å². The van der Waals surface area contributed by atoms with Gasteiger partial charge in [0.15, 0.2) is 0 Å². The van der Waals surface area contributed by atoms with Crippen LogP contribution in [0.1, 0.15) is 47.4 Å². The van der Waals surface area contributed by atoms with Crippen LogP contribution in [0.15, 0.2) is 42.6 Å². The number of aromatic nitrogens is 2. The van der Waals surface area contributed by atoms with Crippen LogP contribution in [-0.2, 0) is 4.79 Å². The van der Waals surface area contributed by atoms with Crippen molar-refractivity contribution in [3.63, 3.8) is 0 Å². The van der Waals surface area contributed by atoms with Gasteiger partial charge in [0.25, 0.3) is 11.6 Å². The number of non-ortho nitro benzene ring substituents is 1. The Morgan fingerprint density at radius 3 is 2.71 bits per heavy atom. The number of nitrogens with zero attached hydrogens (tertiary/aromatic N) is 3. The van der Waals surface area contributed by atoms with Gasteiger partial charge in [-0.3, -0.25) is 24.1 Å². The van der Waals surface area contributed by atoms with E-state index in [1.165, 1.54) is 12.1 Å². The molecule has 9 heteroatoms. The number of nitro benzene ring substituents is 1. The molecule has 0 radical (unpaired) electrons. The van der Waals surface area contributed by atoms with Crippen LogP contribution in [0.5, 0.6) is 0 Å². The van der Waals surface area contributed by atoms with Crippen molar-refractivity contribution < 1.29 is 14.5 Å². The van der Waals surface area contributed by atoms with Crippen LogP contribution in [0.25, 0.3) is 5.65 Å². The summed E-state index contributed by atoms with van der Waals surface area (Å²) in [5.41, 5.74) is 3.10. The third-order valence-corrected chi connectivity index (χ3v) is 4.99. The summed E-state index contributed by atoms with van der Waals surface area (Å²) in [6, 6.07) is 9.97. The molecule has 0 fully saturated rings. The minimum absolute atomic E-state index is 0.0576. The highest BCUT2D eigenvalue weighted by Crippen LogP contribution is 2.22. The lowest BCUT2D eigenvalue weighted by molar-refractivity contribution is -0.384. The number of benzene rings is 1. The average molecular weight is 423 g/mol. The van der Waals surface area contributed by atoms with E-state index in [9.17, 15) is 19.7 Å². The van der Waals surface area contributed by atoms with E-state index in [2.05, 4.69) is 15.6 Å². The lowest BCUT2D eigenvalue weighted by atomic mass is 10.1. The summed E-state index contributed by atoms with van der Waals surface area (Å²) in [7, 11) is 0. The first-order chi connectivity index (χ1) is 14.9. The van der Waals surface area contributed by atoms with Crippen LogP contribution >= 0.6 is 0 Å². The fraction of sp³-hybridized carbons (Fsp3) is 0.318. The zero-order chi connectivity index (χ0) is 22.4. The third-order valence-electron chi connectivity index (χ3n) is 4.99. The molecule has 0 saturated heterocycles. The van der Waals surface area contributed by atoms with E-state index >= 15 is 0 Å². The number of hydrogen-bond acceptors (Lipinski definition) is 5. The molecule has 2 N–H and O–H groups in total. The SMILES string of the molecule is Cc1ccc([N+](=O)[O-])cc1NC(=O)CCCCCNC(=O)c1c(C)nc2ccccn12. The second-order valence-corrected chi connectivity index (χ2v) is 7.35. The van der Waals surface area contributed by atoms with E-state index in [0.29, 0.717) is 36.5 Å². The number of nitro groups is 1. The van der Waals surface area contributed by atoms with Crippen LogP contribution < -0.4 is 10.6 Å². The number of imidazole rings is 1. The van der Waals surface area contributed by atoms with E-state index < -0.39 is 4.92 Å². The van der Waals surface area contributed by atoms with Gasteiger partial charge in [0.05, 0.1) is 16.3 Å². The second kappa shape index (κ2) is 9.84. The Bertz CT molecular complexity index is 1120. The van der Waals surface area contributed by atoms with Gasteiger partial charge < -0.3 is 10.6 Å². The van der Waals surface area contributed by atoms with Gasteiger partial charge in [-0.25, -0.2) is 4.98 Å². The summed E-state index contributed by atoms with van der Waals surface area (Å²) in [5, 5.41) is 16.5. The summed E-state index contributed by atoms with van der Waals surface area (Å²) >= 11 is 0. The Morgan fingerprint density at radius 2 is 1.94 bits per heavy atom. The standard InChI is InChI=1S/C22H25N5O4/c1-15-10-11-17(27(30)31)14-18(15)25-20(28)9-4-3-6-12-23-22(29)21-16(2)24-19-8-5-7-13-26(19)21/h5,7-8,10-11,13-14H,3-4,6,9,12H2,1-2H3,(H,23,29)(H,25,28). The number of unbranched alkanes of at least 4 members (excludes halogenated alkanes) is 2. The maximum absolute atomic E-state index is 12.5. The van der Waals surface area contributed by atoms with Gasteiger partial charge in [-0.05, 0) is 44.4 Å². The van der Waals surface area contributed by atoms with Crippen LogP contribution in [-0.4, -0.2) is 32.7 Å². The van der Waals surface area contributed by atoms with Gasteiger partial charge in [-0.15, -0.1) is 0 Å². The summed E-state index contributed by atoms with van der Waals surface area (Å²) in [4.78, 5) is 39.4. The molecule has 0 spiro atoms. The number of carbonyl (C=O) groups excluding carboxylic acids is 2. The Kier molecular flexibility index (Phi) is 6.96. The number of fused-ring (bicyclic) bond motifs is 1. The largest absolute Gasteiger partial charge is 0.351 e. The molecule has 0 aliphatic heterocycles. The zero-order valence-electron chi connectivity index (χ0n) is 17.6. The number of amides is 2. The highest BCUT2D eigenvalue weighted by Gasteiger charge is 2.15. The van der Waals surface area contributed by atoms with E-state index in [4.69, 9.17) is 0 Å². The van der Waals surface area contributed by atoms with Crippen molar-refractivity contribution >= 4 is 28.8 Å². The van der Waals surface area contributed by atoms with Gasteiger partial charge in [-0.1, -0.05) is 18.6 Å². The molecule has 3 aromatic rings. The normalized spacial score (nSPS) is 10.8. The number of carbonyl (C=O) groups is 2. The fourth-order valence-corrected chi connectivity index (χ4v) is 3.33. The van der Waals surface area contributed by atoms with Crippen molar-refractivity contribution in [1.29, 1.82) is 0 Å². The summed E-state index contributed by atoms with van der Waals surface area (Å²) in [5.74, 6) is -0.357. The fourth-order valence-electron chi connectivity index (χ4n) is 3.33. The highest BCUT2D eigenvalue weighted by atomic mass is 16.6. The molecule has 3 rings (SSSR count). The summed E-state index contributed by atoms with van der Waals surface area (Å²) in [6.07, 6.45) is 4.29. The topological polar surface area (TPSA) is 119 Å². The lowest BCUT2D eigenvalue weighted by Gasteiger charge is -2.09. The highest BCUT2D eigenvalue weighted by molar-refractivity contribution is 5.94. The molecule has 0 aliphatic carbocycles. The summed E-state index contributed by atoms with van der Waals surface area (Å²) < 4.78 is 1.77. The molecule has 162 valence electrons.